The second-order valence-corrected chi connectivity index (χ2v) is 7.30. The fourth-order valence-corrected chi connectivity index (χ4v) is 3.86. The molecule has 1 aromatic heterocycles. The van der Waals surface area contributed by atoms with Crippen molar-refractivity contribution in [2.45, 2.75) is 18.9 Å². The van der Waals surface area contributed by atoms with E-state index in [0.29, 0.717) is 6.04 Å². The molecule has 0 spiro atoms. The number of anilines is 1. The molecule has 130 valence electrons. The first-order valence-electron chi connectivity index (χ1n) is 7.77. The SMILES string of the molecule is C=CCSCCNC(=NC)NC1CCN(c2cccs2)CC1.I. The molecule has 0 radical (unpaired) electrons. The third kappa shape index (κ3) is 7.34. The van der Waals surface area contributed by atoms with Crippen molar-refractivity contribution < 1.29 is 0 Å². The summed E-state index contributed by atoms with van der Waals surface area (Å²) in [6.07, 6.45) is 4.26. The number of thioether (sulfide) groups is 1. The van der Waals surface area contributed by atoms with Crippen LogP contribution < -0.4 is 15.5 Å². The maximum absolute atomic E-state index is 4.32. The topological polar surface area (TPSA) is 39.7 Å². The van der Waals surface area contributed by atoms with E-state index in [-0.39, 0.29) is 24.0 Å². The number of nitrogens with zero attached hydrogens (tertiary/aromatic N) is 2. The third-order valence-electron chi connectivity index (χ3n) is 3.65. The van der Waals surface area contributed by atoms with E-state index < -0.39 is 0 Å². The Hall–Kier alpha value is -0.410. The highest BCUT2D eigenvalue weighted by atomic mass is 127. The van der Waals surface area contributed by atoms with E-state index in [2.05, 4.69) is 44.6 Å². The second-order valence-electron chi connectivity index (χ2n) is 5.22. The average molecular weight is 466 g/mol. The van der Waals surface area contributed by atoms with Crippen LogP contribution in [0.4, 0.5) is 5.00 Å². The molecule has 0 atom stereocenters. The summed E-state index contributed by atoms with van der Waals surface area (Å²) >= 11 is 3.71. The molecule has 2 heterocycles. The van der Waals surface area contributed by atoms with Gasteiger partial charge in [0, 0.05) is 44.2 Å². The van der Waals surface area contributed by atoms with Crippen molar-refractivity contribution in [2.75, 3.05) is 43.1 Å². The molecule has 0 aliphatic carbocycles. The van der Waals surface area contributed by atoms with Crippen molar-refractivity contribution in [2.24, 2.45) is 4.99 Å². The zero-order valence-corrected chi connectivity index (χ0v) is 17.6. The molecule has 1 fully saturated rings. The molecule has 23 heavy (non-hydrogen) atoms. The van der Waals surface area contributed by atoms with Gasteiger partial charge >= 0.3 is 0 Å². The van der Waals surface area contributed by atoms with Crippen LogP contribution in [0.2, 0.25) is 0 Å². The van der Waals surface area contributed by atoms with Gasteiger partial charge < -0.3 is 15.5 Å². The minimum absolute atomic E-state index is 0. The molecule has 0 aromatic carbocycles. The molecule has 0 amide bonds. The molecule has 1 saturated heterocycles. The smallest absolute Gasteiger partial charge is 0.191 e. The largest absolute Gasteiger partial charge is 0.363 e. The lowest BCUT2D eigenvalue weighted by atomic mass is 10.1. The first-order chi connectivity index (χ1) is 10.8. The summed E-state index contributed by atoms with van der Waals surface area (Å²) in [6.45, 7) is 6.90. The van der Waals surface area contributed by atoms with Gasteiger partial charge in [0.25, 0.3) is 0 Å². The molecular weight excluding hydrogens is 439 g/mol. The Balaban J connectivity index is 0.00000264. The predicted molar refractivity (Wildman–Crippen MR) is 117 cm³/mol. The van der Waals surface area contributed by atoms with Gasteiger partial charge in [-0.3, -0.25) is 4.99 Å². The number of aliphatic imine (C=N–C) groups is 1. The molecule has 1 aliphatic rings. The Bertz CT molecular complexity index is 457. The number of rotatable bonds is 7. The van der Waals surface area contributed by atoms with Crippen LogP contribution in [0.1, 0.15) is 12.8 Å². The van der Waals surface area contributed by atoms with Crippen molar-refractivity contribution in [3.05, 3.63) is 30.2 Å². The highest BCUT2D eigenvalue weighted by Crippen LogP contribution is 2.24. The first-order valence-corrected chi connectivity index (χ1v) is 9.81. The Morgan fingerprint density at radius 3 is 2.91 bits per heavy atom. The molecule has 1 aromatic rings. The number of halogens is 1. The van der Waals surface area contributed by atoms with Crippen molar-refractivity contribution in [3.8, 4) is 0 Å². The molecule has 1 aliphatic heterocycles. The minimum atomic E-state index is 0. The van der Waals surface area contributed by atoms with Crippen LogP contribution >= 0.6 is 47.1 Å². The Kier molecular flexibility index (Phi) is 10.8. The average Bonchev–Trinajstić information content (AvgIpc) is 3.08. The molecule has 2 rings (SSSR count). The van der Waals surface area contributed by atoms with E-state index in [1.807, 2.05) is 36.2 Å². The number of hydrogen-bond donors (Lipinski definition) is 2. The summed E-state index contributed by atoms with van der Waals surface area (Å²) < 4.78 is 0. The molecular formula is C16H27IN4S2. The summed E-state index contributed by atoms with van der Waals surface area (Å²) in [6, 6.07) is 4.85. The molecule has 2 N–H and O–H groups in total. The number of thiophene rings is 1. The third-order valence-corrected chi connectivity index (χ3v) is 5.54. The van der Waals surface area contributed by atoms with Gasteiger partial charge in [0.05, 0.1) is 5.00 Å². The van der Waals surface area contributed by atoms with Gasteiger partial charge in [0.1, 0.15) is 0 Å². The van der Waals surface area contributed by atoms with E-state index in [4.69, 9.17) is 0 Å². The highest BCUT2D eigenvalue weighted by molar-refractivity contribution is 14.0. The number of hydrogen-bond acceptors (Lipinski definition) is 4. The van der Waals surface area contributed by atoms with Crippen molar-refractivity contribution in [1.29, 1.82) is 0 Å². The summed E-state index contributed by atoms with van der Waals surface area (Å²) in [4.78, 5) is 6.80. The lowest BCUT2D eigenvalue weighted by molar-refractivity contribution is 0.463. The van der Waals surface area contributed by atoms with Crippen LogP contribution in [0.5, 0.6) is 0 Å². The number of piperidine rings is 1. The summed E-state index contributed by atoms with van der Waals surface area (Å²) in [5.41, 5.74) is 0. The van der Waals surface area contributed by atoms with Crippen LogP contribution in [0.25, 0.3) is 0 Å². The van der Waals surface area contributed by atoms with Gasteiger partial charge in [-0.25, -0.2) is 0 Å². The summed E-state index contributed by atoms with van der Waals surface area (Å²) in [5.74, 6) is 3.01. The zero-order valence-electron chi connectivity index (χ0n) is 13.7. The maximum atomic E-state index is 4.32. The van der Waals surface area contributed by atoms with Gasteiger partial charge in [0.2, 0.25) is 0 Å². The lowest BCUT2D eigenvalue weighted by Crippen LogP contribution is -2.49. The number of nitrogens with one attached hydrogen (secondary N) is 2. The zero-order chi connectivity index (χ0) is 15.6. The fourth-order valence-electron chi connectivity index (χ4n) is 2.49. The first kappa shape index (κ1) is 20.6. The monoisotopic (exact) mass is 466 g/mol. The lowest BCUT2D eigenvalue weighted by Gasteiger charge is -2.33. The van der Waals surface area contributed by atoms with Crippen molar-refractivity contribution in [1.82, 2.24) is 10.6 Å². The molecule has 7 heteroatoms. The summed E-state index contributed by atoms with van der Waals surface area (Å²) in [5, 5.41) is 10.5. The molecule has 0 bridgehead atoms. The van der Waals surface area contributed by atoms with E-state index in [0.717, 1.165) is 49.9 Å². The Labute approximate surface area is 165 Å². The Morgan fingerprint density at radius 2 is 2.30 bits per heavy atom. The van der Waals surface area contributed by atoms with Crippen molar-refractivity contribution >= 4 is 58.0 Å². The number of guanidine groups is 1. The minimum Gasteiger partial charge on any atom is -0.363 e. The van der Waals surface area contributed by atoms with Crippen molar-refractivity contribution in [3.63, 3.8) is 0 Å². The van der Waals surface area contributed by atoms with Crippen LogP contribution in [-0.2, 0) is 0 Å². The normalized spacial score (nSPS) is 15.9. The Morgan fingerprint density at radius 1 is 1.52 bits per heavy atom. The van der Waals surface area contributed by atoms with Gasteiger partial charge in [0.15, 0.2) is 5.96 Å². The standard InChI is InChI=1S/C16H26N4S2.HI/c1-3-11-21-13-8-18-16(17-2)19-14-6-9-20(10-7-14)15-5-4-12-22-15;/h3-5,12,14H,1,6-11,13H2,2H3,(H2,17,18,19);1H. The summed E-state index contributed by atoms with van der Waals surface area (Å²) in [7, 11) is 1.84. The van der Waals surface area contributed by atoms with Crippen LogP contribution in [0, 0.1) is 0 Å². The van der Waals surface area contributed by atoms with Crippen LogP contribution in [0.15, 0.2) is 35.2 Å². The van der Waals surface area contributed by atoms with Crippen LogP contribution in [0.3, 0.4) is 0 Å². The van der Waals surface area contributed by atoms with E-state index >= 15 is 0 Å². The van der Waals surface area contributed by atoms with E-state index in [1.165, 1.54) is 5.00 Å². The second kappa shape index (κ2) is 12.0. The predicted octanol–water partition coefficient (Wildman–Crippen LogP) is 3.42. The van der Waals surface area contributed by atoms with Gasteiger partial charge in [-0.15, -0.1) is 41.9 Å². The molecule has 4 nitrogen and oxygen atoms in total. The fraction of sp³-hybridized carbons (Fsp3) is 0.562. The van der Waals surface area contributed by atoms with Gasteiger partial charge in [-0.2, -0.15) is 11.8 Å². The molecule has 0 saturated carbocycles. The van der Waals surface area contributed by atoms with E-state index in [1.54, 1.807) is 0 Å². The quantitative estimate of drug-likeness (QED) is 0.213. The van der Waals surface area contributed by atoms with Gasteiger partial charge in [-0.1, -0.05) is 6.08 Å². The highest BCUT2D eigenvalue weighted by Gasteiger charge is 2.20. The van der Waals surface area contributed by atoms with Crippen LogP contribution in [-0.4, -0.2) is 50.2 Å². The van der Waals surface area contributed by atoms with E-state index in [9.17, 15) is 0 Å². The maximum Gasteiger partial charge on any atom is 0.191 e. The van der Waals surface area contributed by atoms with Gasteiger partial charge in [-0.05, 0) is 30.4 Å². The molecule has 0 unspecified atom stereocenters.